The van der Waals surface area contributed by atoms with Crippen LogP contribution in [0.2, 0.25) is 0 Å². The molecule has 8 heteroatoms. The summed E-state index contributed by atoms with van der Waals surface area (Å²) in [6, 6.07) is 3.15. The Hall–Kier alpha value is -1.93. The van der Waals surface area contributed by atoms with Crippen molar-refractivity contribution in [1.82, 2.24) is 15.1 Å². The summed E-state index contributed by atoms with van der Waals surface area (Å²) in [6.07, 6.45) is 3.45. The molecule has 5 nitrogen and oxygen atoms in total. The van der Waals surface area contributed by atoms with E-state index in [2.05, 4.69) is 10.4 Å². The molecule has 2 N–H and O–H groups in total. The van der Waals surface area contributed by atoms with E-state index in [0.717, 1.165) is 30.1 Å². The van der Waals surface area contributed by atoms with Gasteiger partial charge in [0, 0.05) is 31.2 Å². The zero-order chi connectivity index (χ0) is 16.7. The van der Waals surface area contributed by atoms with Gasteiger partial charge in [-0.2, -0.15) is 16.9 Å². The van der Waals surface area contributed by atoms with Crippen molar-refractivity contribution in [2.75, 3.05) is 24.7 Å². The van der Waals surface area contributed by atoms with Crippen LogP contribution in [-0.4, -0.2) is 45.5 Å². The van der Waals surface area contributed by atoms with Crippen molar-refractivity contribution in [2.45, 2.75) is 6.42 Å². The zero-order valence-corrected chi connectivity index (χ0v) is 13.2. The maximum absolute atomic E-state index is 13.7. The Kier molecular flexibility index (Phi) is 6.54. The number of rotatable bonds is 8. The van der Waals surface area contributed by atoms with Crippen molar-refractivity contribution in [1.29, 1.82) is 0 Å². The number of thioether (sulfide) groups is 1. The molecule has 0 saturated carbocycles. The first-order valence-corrected chi connectivity index (χ1v) is 8.24. The lowest BCUT2D eigenvalue weighted by Crippen LogP contribution is -2.25. The second-order valence-electron chi connectivity index (χ2n) is 4.71. The summed E-state index contributed by atoms with van der Waals surface area (Å²) in [4.78, 5) is 11.9. The molecule has 0 aliphatic rings. The van der Waals surface area contributed by atoms with Gasteiger partial charge in [0.15, 0.2) is 5.82 Å². The van der Waals surface area contributed by atoms with Gasteiger partial charge in [-0.3, -0.25) is 4.79 Å². The van der Waals surface area contributed by atoms with Crippen LogP contribution in [-0.2, 0) is 0 Å². The van der Waals surface area contributed by atoms with Crippen molar-refractivity contribution >= 4 is 17.7 Å². The predicted octanol–water partition coefficient (Wildman–Crippen LogP) is 2.00. The van der Waals surface area contributed by atoms with Crippen LogP contribution in [0.4, 0.5) is 8.78 Å². The molecule has 2 rings (SSSR count). The van der Waals surface area contributed by atoms with E-state index in [1.807, 2.05) is 0 Å². The van der Waals surface area contributed by atoms with Gasteiger partial charge in [0.25, 0.3) is 5.91 Å². The van der Waals surface area contributed by atoms with Gasteiger partial charge < -0.3 is 10.4 Å². The molecule has 0 radical (unpaired) electrons. The van der Waals surface area contributed by atoms with Crippen molar-refractivity contribution in [3.05, 3.63) is 47.8 Å². The minimum absolute atomic E-state index is 0.0741. The largest absolute Gasteiger partial charge is 0.396 e. The Morgan fingerprint density at radius 1 is 1.35 bits per heavy atom. The number of nitrogens with zero attached hydrogens (tertiary/aromatic N) is 2. The number of aliphatic hydroxyl groups excluding tert-OH is 1. The summed E-state index contributed by atoms with van der Waals surface area (Å²) in [6.45, 7) is 0.656. The molecule has 0 atom stereocenters. The highest BCUT2D eigenvalue weighted by Crippen LogP contribution is 2.14. The smallest absolute Gasteiger partial charge is 0.254 e. The molecule has 1 aromatic heterocycles. The molecule has 0 aliphatic heterocycles. The standard InChI is InChI=1S/C15H17F2N3O2S/c16-12-2-3-14(13(17)8-12)20-10-11(9-19-20)15(22)18-4-7-23-6-1-5-21/h2-3,8-10,21H,1,4-7H2,(H,18,22). The Morgan fingerprint density at radius 3 is 2.91 bits per heavy atom. The van der Waals surface area contributed by atoms with Crippen molar-refractivity contribution in [3.8, 4) is 5.69 Å². The van der Waals surface area contributed by atoms with Crippen LogP contribution in [0.15, 0.2) is 30.6 Å². The molecule has 0 fully saturated rings. The first kappa shape index (κ1) is 17.4. The van der Waals surface area contributed by atoms with E-state index in [4.69, 9.17) is 5.11 Å². The Balaban J connectivity index is 1.90. The quantitative estimate of drug-likeness (QED) is 0.721. The highest BCUT2D eigenvalue weighted by atomic mass is 32.2. The molecule has 124 valence electrons. The third-order valence-electron chi connectivity index (χ3n) is 2.98. The highest BCUT2D eigenvalue weighted by molar-refractivity contribution is 7.99. The highest BCUT2D eigenvalue weighted by Gasteiger charge is 2.11. The van der Waals surface area contributed by atoms with E-state index < -0.39 is 11.6 Å². The van der Waals surface area contributed by atoms with Gasteiger partial charge in [0.05, 0.1) is 11.8 Å². The monoisotopic (exact) mass is 341 g/mol. The van der Waals surface area contributed by atoms with Crippen LogP contribution in [0.5, 0.6) is 0 Å². The lowest BCUT2D eigenvalue weighted by Gasteiger charge is -2.04. The van der Waals surface area contributed by atoms with Gasteiger partial charge in [-0.05, 0) is 24.3 Å². The third kappa shape index (κ3) is 5.04. The van der Waals surface area contributed by atoms with Gasteiger partial charge in [-0.15, -0.1) is 0 Å². The summed E-state index contributed by atoms with van der Waals surface area (Å²) >= 11 is 1.64. The Morgan fingerprint density at radius 2 is 2.17 bits per heavy atom. The first-order chi connectivity index (χ1) is 11.1. The van der Waals surface area contributed by atoms with E-state index in [1.54, 1.807) is 11.8 Å². The lowest BCUT2D eigenvalue weighted by molar-refractivity contribution is 0.0956. The minimum atomic E-state index is -0.750. The summed E-state index contributed by atoms with van der Waals surface area (Å²) in [5, 5.41) is 15.3. The topological polar surface area (TPSA) is 67.2 Å². The number of carbonyl (C=O) groups is 1. The fraction of sp³-hybridized carbons (Fsp3) is 0.333. The number of nitrogens with one attached hydrogen (secondary N) is 1. The lowest BCUT2D eigenvalue weighted by atomic mass is 10.3. The van der Waals surface area contributed by atoms with E-state index in [1.165, 1.54) is 23.1 Å². The third-order valence-corrected chi connectivity index (χ3v) is 4.05. The molecule has 0 unspecified atom stereocenters. The predicted molar refractivity (Wildman–Crippen MR) is 84.8 cm³/mol. The van der Waals surface area contributed by atoms with Crippen molar-refractivity contribution in [3.63, 3.8) is 0 Å². The second-order valence-corrected chi connectivity index (χ2v) is 5.94. The van der Waals surface area contributed by atoms with Crippen LogP contribution >= 0.6 is 11.8 Å². The van der Waals surface area contributed by atoms with E-state index in [-0.39, 0.29) is 18.2 Å². The normalized spacial score (nSPS) is 10.7. The van der Waals surface area contributed by atoms with Crippen LogP contribution in [0.3, 0.4) is 0 Å². The molecule has 0 spiro atoms. The summed E-state index contributed by atoms with van der Waals surface area (Å²) in [5.74, 6) is -0.141. The van der Waals surface area contributed by atoms with E-state index in [9.17, 15) is 13.6 Å². The molecular weight excluding hydrogens is 324 g/mol. The van der Waals surface area contributed by atoms with Gasteiger partial charge in [0.1, 0.15) is 11.5 Å². The van der Waals surface area contributed by atoms with Gasteiger partial charge in [-0.25, -0.2) is 13.5 Å². The number of hydrogen-bond acceptors (Lipinski definition) is 4. The average molecular weight is 341 g/mol. The molecule has 23 heavy (non-hydrogen) atoms. The summed E-state index contributed by atoms with van der Waals surface area (Å²) < 4.78 is 27.8. The molecule has 0 bridgehead atoms. The zero-order valence-electron chi connectivity index (χ0n) is 12.3. The fourth-order valence-electron chi connectivity index (χ4n) is 1.85. The molecule has 1 heterocycles. The number of amides is 1. The number of benzene rings is 1. The van der Waals surface area contributed by atoms with E-state index >= 15 is 0 Å². The van der Waals surface area contributed by atoms with Crippen molar-refractivity contribution in [2.24, 2.45) is 0 Å². The first-order valence-electron chi connectivity index (χ1n) is 7.08. The second kappa shape index (κ2) is 8.64. The molecular formula is C15H17F2N3O2S. The maximum Gasteiger partial charge on any atom is 0.254 e. The van der Waals surface area contributed by atoms with Crippen LogP contribution in [0.25, 0.3) is 5.69 Å². The molecule has 1 amide bonds. The molecule has 1 aromatic carbocycles. The minimum Gasteiger partial charge on any atom is -0.396 e. The van der Waals surface area contributed by atoms with Gasteiger partial charge in [-0.1, -0.05) is 0 Å². The average Bonchev–Trinajstić information content (AvgIpc) is 3.00. The SMILES string of the molecule is O=C(NCCSCCCO)c1cnn(-c2ccc(F)cc2F)c1. The molecule has 0 saturated heterocycles. The number of halogens is 2. The molecule has 2 aromatic rings. The Bertz CT molecular complexity index is 664. The summed E-state index contributed by atoms with van der Waals surface area (Å²) in [5.41, 5.74) is 0.374. The van der Waals surface area contributed by atoms with E-state index in [0.29, 0.717) is 12.1 Å². The van der Waals surface area contributed by atoms with Gasteiger partial charge >= 0.3 is 0 Å². The number of aromatic nitrogens is 2. The fourth-order valence-corrected chi connectivity index (χ4v) is 2.63. The number of hydrogen-bond donors (Lipinski definition) is 2. The summed E-state index contributed by atoms with van der Waals surface area (Å²) in [7, 11) is 0. The maximum atomic E-state index is 13.7. The Labute approximate surface area is 136 Å². The van der Waals surface area contributed by atoms with Crippen LogP contribution in [0, 0.1) is 11.6 Å². The number of carbonyl (C=O) groups excluding carboxylic acids is 1. The molecule has 0 aliphatic carbocycles. The van der Waals surface area contributed by atoms with Crippen LogP contribution < -0.4 is 5.32 Å². The van der Waals surface area contributed by atoms with Gasteiger partial charge in [0.2, 0.25) is 0 Å². The van der Waals surface area contributed by atoms with Crippen LogP contribution in [0.1, 0.15) is 16.8 Å². The number of aliphatic hydroxyl groups is 1. The van der Waals surface area contributed by atoms with Crippen molar-refractivity contribution < 1.29 is 18.7 Å².